The lowest BCUT2D eigenvalue weighted by molar-refractivity contribution is 0.733. The van der Waals surface area contributed by atoms with Gasteiger partial charge in [0.25, 0.3) is 0 Å². The summed E-state index contributed by atoms with van der Waals surface area (Å²) in [6.45, 7) is 5.01. The summed E-state index contributed by atoms with van der Waals surface area (Å²) in [5.74, 6) is 0.924. The minimum absolute atomic E-state index is 0.915. The van der Waals surface area contributed by atoms with Crippen molar-refractivity contribution in [2.45, 2.75) is 6.92 Å². The van der Waals surface area contributed by atoms with Crippen LogP contribution in [0.3, 0.4) is 0 Å². The maximum absolute atomic E-state index is 4.14. The summed E-state index contributed by atoms with van der Waals surface area (Å²) in [4.78, 5) is 4.14. The van der Waals surface area contributed by atoms with Gasteiger partial charge in [0.05, 0.1) is 0 Å². The fourth-order valence-corrected chi connectivity index (χ4v) is 0.975. The van der Waals surface area contributed by atoms with Gasteiger partial charge in [0.15, 0.2) is 0 Å². The monoisotopic (exact) mass is 168 g/mol. The first kappa shape index (κ1) is 9.06. The van der Waals surface area contributed by atoms with E-state index in [0.717, 1.165) is 25.6 Å². The lowest BCUT2D eigenvalue weighted by Gasteiger charge is -2.05. The van der Waals surface area contributed by atoms with Crippen LogP contribution in [0.15, 0.2) is 12.4 Å². The van der Waals surface area contributed by atoms with Gasteiger partial charge < -0.3 is 15.2 Å². The van der Waals surface area contributed by atoms with Gasteiger partial charge in [-0.25, -0.2) is 4.98 Å². The van der Waals surface area contributed by atoms with E-state index in [1.54, 1.807) is 6.20 Å². The third-order valence-corrected chi connectivity index (χ3v) is 1.66. The molecule has 0 atom stereocenters. The first-order chi connectivity index (χ1) is 5.84. The van der Waals surface area contributed by atoms with E-state index in [1.165, 1.54) is 0 Å². The van der Waals surface area contributed by atoms with Crippen LogP contribution in [-0.2, 0) is 7.05 Å². The van der Waals surface area contributed by atoms with Crippen LogP contribution in [0.1, 0.15) is 6.92 Å². The van der Waals surface area contributed by atoms with Gasteiger partial charge in [0.2, 0.25) is 5.95 Å². The molecule has 0 aliphatic heterocycles. The highest BCUT2D eigenvalue weighted by Crippen LogP contribution is 1.98. The molecule has 0 amide bonds. The highest BCUT2D eigenvalue weighted by Gasteiger charge is 1.94. The number of anilines is 1. The molecule has 1 aromatic heterocycles. The fourth-order valence-electron chi connectivity index (χ4n) is 0.975. The molecule has 0 aliphatic carbocycles. The molecule has 0 saturated heterocycles. The van der Waals surface area contributed by atoms with Crippen molar-refractivity contribution in [2.75, 3.05) is 25.0 Å². The van der Waals surface area contributed by atoms with E-state index < -0.39 is 0 Å². The smallest absolute Gasteiger partial charge is 0.202 e. The van der Waals surface area contributed by atoms with Crippen LogP contribution in [0.25, 0.3) is 0 Å². The molecule has 4 nitrogen and oxygen atoms in total. The number of aryl methyl sites for hydroxylation is 1. The second kappa shape index (κ2) is 4.77. The number of rotatable bonds is 5. The van der Waals surface area contributed by atoms with Crippen LogP contribution >= 0.6 is 0 Å². The largest absolute Gasteiger partial charge is 0.354 e. The Morgan fingerprint density at radius 3 is 2.92 bits per heavy atom. The molecule has 0 aromatic carbocycles. The molecule has 0 aliphatic rings. The van der Waals surface area contributed by atoms with Crippen LogP contribution < -0.4 is 10.6 Å². The molecule has 1 heterocycles. The molecule has 0 fully saturated rings. The van der Waals surface area contributed by atoms with Gasteiger partial charge in [-0.2, -0.15) is 0 Å². The van der Waals surface area contributed by atoms with E-state index in [-0.39, 0.29) is 0 Å². The predicted molar refractivity (Wildman–Crippen MR) is 50.2 cm³/mol. The van der Waals surface area contributed by atoms with E-state index in [2.05, 4.69) is 22.5 Å². The number of likely N-dealkylation sites (N-methyl/N-ethyl adjacent to an activating group) is 1. The Kier molecular flexibility index (Phi) is 3.60. The van der Waals surface area contributed by atoms with Crippen LogP contribution in [0, 0.1) is 0 Å². The van der Waals surface area contributed by atoms with Crippen molar-refractivity contribution in [3.05, 3.63) is 12.4 Å². The van der Waals surface area contributed by atoms with Crippen LogP contribution in [0.5, 0.6) is 0 Å². The SMILES string of the molecule is CCNCCNc1nccn1C. The fraction of sp³-hybridized carbons (Fsp3) is 0.625. The van der Waals surface area contributed by atoms with Gasteiger partial charge in [-0.05, 0) is 6.54 Å². The Balaban J connectivity index is 2.20. The van der Waals surface area contributed by atoms with Crippen LogP contribution in [0.4, 0.5) is 5.95 Å². The Bertz CT molecular complexity index is 219. The summed E-state index contributed by atoms with van der Waals surface area (Å²) < 4.78 is 1.96. The number of nitrogens with one attached hydrogen (secondary N) is 2. The molecule has 12 heavy (non-hydrogen) atoms. The highest BCUT2D eigenvalue weighted by molar-refractivity contribution is 5.24. The van der Waals surface area contributed by atoms with E-state index in [4.69, 9.17) is 0 Å². The minimum atomic E-state index is 0.915. The van der Waals surface area contributed by atoms with Crippen molar-refractivity contribution in [3.63, 3.8) is 0 Å². The van der Waals surface area contributed by atoms with Crippen LogP contribution in [-0.4, -0.2) is 29.2 Å². The third kappa shape index (κ3) is 2.54. The Hall–Kier alpha value is -1.03. The van der Waals surface area contributed by atoms with Crippen molar-refractivity contribution < 1.29 is 0 Å². The van der Waals surface area contributed by atoms with Crippen molar-refractivity contribution in [2.24, 2.45) is 7.05 Å². The molecule has 0 saturated carbocycles. The topological polar surface area (TPSA) is 41.9 Å². The summed E-state index contributed by atoms with van der Waals surface area (Å²) in [5, 5.41) is 6.45. The molecule has 0 radical (unpaired) electrons. The molecule has 68 valence electrons. The van der Waals surface area contributed by atoms with Gasteiger partial charge in [-0.15, -0.1) is 0 Å². The quantitative estimate of drug-likeness (QED) is 0.627. The number of hydrogen-bond donors (Lipinski definition) is 2. The Morgan fingerprint density at radius 1 is 1.50 bits per heavy atom. The summed E-state index contributed by atoms with van der Waals surface area (Å²) in [6, 6.07) is 0. The predicted octanol–water partition coefficient (Wildman–Crippen LogP) is 0.441. The van der Waals surface area contributed by atoms with E-state index in [9.17, 15) is 0 Å². The van der Waals surface area contributed by atoms with Crippen molar-refractivity contribution in [3.8, 4) is 0 Å². The normalized spacial score (nSPS) is 10.2. The molecule has 2 N–H and O–H groups in total. The van der Waals surface area contributed by atoms with E-state index in [1.807, 2.05) is 17.8 Å². The first-order valence-electron chi connectivity index (χ1n) is 4.26. The average Bonchev–Trinajstić information content (AvgIpc) is 2.46. The molecular formula is C8H16N4. The van der Waals surface area contributed by atoms with Gasteiger partial charge in [0.1, 0.15) is 0 Å². The standard InChI is InChI=1S/C8H16N4/c1-3-9-4-5-10-8-11-6-7-12(8)2/h6-7,9H,3-5H2,1-2H3,(H,10,11). The number of aromatic nitrogens is 2. The van der Waals surface area contributed by atoms with Crippen molar-refractivity contribution >= 4 is 5.95 Å². The summed E-state index contributed by atoms with van der Waals surface area (Å²) in [6.07, 6.45) is 3.71. The molecule has 0 unspecified atom stereocenters. The third-order valence-electron chi connectivity index (χ3n) is 1.66. The molecule has 0 bridgehead atoms. The van der Waals surface area contributed by atoms with Gasteiger partial charge in [0, 0.05) is 32.5 Å². The molecule has 1 rings (SSSR count). The lowest BCUT2D eigenvalue weighted by atomic mass is 10.6. The molecule has 4 heteroatoms. The molecule has 0 spiro atoms. The van der Waals surface area contributed by atoms with E-state index >= 15 is 0 Å². The minimum Gasteiger partial charge on any atom is -0.354 e. The molecule has 1 aromatic rings. The maximum Gasteiger partial charge on any atom is 0.202 e. The molecular weight excluding hydrogens is 152 g/mol. The van der Waals surface area contributed by atoms with Crippen molar-refractivity contribution in [1.29, 1.82) is 0 Å². The number of imidazole rings is 1. The van der Waals surface area contributed by atoms with Gasteiger partial charge in [-0.3, -0.25) is 0 Å². The zero-order valence-corrected chi connectivity index (χ0v) is 7.67. The average molecular weight is 168 g/mol. The van der Waals surface area contributed by atoms with Gasteiger partial charge >= 0.3 is 0 Å². The zero-order chi connectivity index (χ0) is 8.81. The lowest BCUT2D eigenvalue weighted by Crippen LogP contribution is -2.22. The highest BCUT2D eigenvalue weighted by atomic mass is 15.2. The summed E-state index contributed by atoms with van der Waals surface area (Å²) in [5.41, 5.74) is 0. The Morgan fingerprint density at radius 2 is 2.33 bits per heavy atom. The number of nitrogens with zero attached hydrogens (tertiary/aromatic N) is 2. The second-order valence-electron chi connectivity index (χ2n) is 2.64. The number of hydrogen-bond acceptors (Lipinski definition) is 3. The van der Waals surface area contributed by atoms with Crippen molar-refractivity contribution in [1.82, 2.24) is 14.9 Å². The first-order valence-corrected chi connectivity index (χ1v) is 4.26. The Labute approximate surface area is 73.0 Å². The summed E-state index contributed by atoms with van der Waals surface area (Å²) >= 11 is 0. The van der Waals surface area contributed by atoms with Gasteiger partial charge in [-0.1, -0.05) is 6.92 Å². The van der Waals surface area contributed by atoms with Crippen LogP contribution in [0.2, 0.25) is 0 Å². The zero-order valence-electron chi connectivity index (χ0n) is 7.67. The maximum atomic E-state index is 4.14. The summed E-state index contributed by atoms with van der Waals surface area (Å²) in [7, 11) is 1.97. The second-order valence-corrected chi connectivity index (χ2v) is 2.64. The van der Waals surface area contributed by atoms with E-state index in [0.29, 0.717) is 0 Å².